The lowest BCUT2D eigenvalue weighted by Crippen LogP contribution is -2.08. The predicted molar refractivity (Wildman–Crippen MR) is 85.7 cm³/mol. The van der Waals surface area contributed by atoms with E-state index in [1.165, 1.54) is 0 Å². The van der Waals surface area contributed by atoms with E-state index in [4.69, 9.17) is 14.2 Å². The molecular weight excluding hydrogens is 300 g/mol. The van der Waals surface area contributed by atoms with Gasteiger partial charge in [-0.15, -0.1) is 0 Å². The maximum absolute atomic E-state index is 11.5. The molecule has 0 bridgehead atoms. The average Bonchev–Trinajstić information content (AvgIpc) is 2.50. The molecule has 132 valence electrons. The van der Waals surface area contributed by atoms with Crippen LogP contribution in [0.3, 0.4) is 0 Å². The van der Waals surface area contributed by atoms with E-state index in [9.17, 15) is 14.4 Å². The van der Waals surface area contributed by atoms with Gasteiger partial charge in [-0.25, -0.2) is 4.79 Å². The van der Waals surface area contributed by atoms with Crippen LogP contribution in [-0.2, 0) is 28.6 Å². The van der Waals surface area contributed by atoms with Gasteiger partial charge in [0.1, 0.15) is 0 Å². The smallest absolute Gasteiger partial charge is 0.333 e. The molecule has 0 aliphatic heterocycles. The summed E-state index contributed by atoms with van der Waals surface area (Å²) in [6.07, 6.45) is 4.22. The van der Waals surface area contributed by atoms with Crippen LogP contribution in [-0.4, -0.2) is 37.7 Å². The number of hydrogen-bond acceptors (Lipinski definition) is 6. The zero-order chi connectivity index (χ0) is 17.5. The summed E-state index contributed by atoms with van der Waals surface area (Å²) in [5.74, 6) is -0.835. The fourth-order valence-corrected chi connectivity index (χ4v) is 1.70. The van der Waals surface area contributed by atoms with Gasteiger partial charge in [0.2, 0.25) is 0 Å². The number of carbonyl (C=O) groups is 3. The Hall–Kier alpha value is -1.85. The second-order valence-electron chi connectivity index (χ2n) is 5.21. The zero-order valence-corrected chi connectivity index (χ0v) is 14.2. The Morgan fingerprint density at radius 3 is 1.91 bits per heavy atom. The van der Waals surface area contributed by atoms with Crippen molar-refractivity contribution >= 4 is 17.9 Å². The average molecular weight is 328 g/mol. The van der Waals surface area contributed by atoms with E-state index < -0.39 is 0 Å². The number of ether oxygens (including phenoxy) is 3. The molecule has 0 rings (SSSR count). The van der Waals surface area contributed by atoms with Crippen molar-refractivity contribution in [1.29, 1.82) is 0 Å². The minimum absolute atomic E-state index is 0.217. The van der Waals surface area contributed by atoms with Crippen LogP contribution in [0.15, 0.2) is 12.2 Å². The molecule has 0 saturated heterocycles. The predicted octanol–water partition coefficient (Wildman–Crippen LogP) is 2.94. The van der Waals surface area contributed by atoms with E-state index in [1.54, 1.807) is 13.8 Å². The zero-order valence-electron chi connectivity index (χ0n) is 14.2. The van der Waals surface area contributed by atoms with Gasteiger partial charge in [0.15, 0.2) is 0 Å². The normalized spacial score (nSPS) is 10.0. The molecule has 6 nitrogen and oxygen atoms in total. The molecule has 0 aromatic carbocycles. The topological polar surface area (TPSA) is 78.9 Å². The highest BCUT2D eigenvalue weighted by Gasteiger charge is 2.05. The van der Waals surface area contributed by atoms with Crippen molar-refractivity contribution in [2.75, 3.05) is 19.8 Å². The lowest BCUT2D eigenvalue weighted by atomic mass is 10.2. The molecule has 0 saturated carbocycles. The van der Waals surface area contributed by atoms with Gasteiger partial charge < -0.3 is 14.2 Å². The molecule has 23 heavy (non-hydrogen) atoms. The quantitative estimate of drug-likeness (QED) is 0.224. The van der Waals surface area contributed by atoms with Gasteiger partial charge in [-0.1, -0.05) is 6.58 Å². The summed E-state index contributed by atoms with van der Waals surface area (Å²) in [6, 6.07) is 0. The van der Waals surface area contributed by atoms with Crippen molar-refractivity contribution < 1.29 is 28.6 Å². The minimum atomic E-state index is -0.382. The first-order chi connectivity index (χ1) is 11.0. The highest BCUT2D eigenvalue weighted by atomic mass is 16.5. The van der Waals surface area contributed by atoms with Crippen molar-refractivity contribution in [3.63, 3.8) is 0 Å². The summed E-state index contributed by atoms with van der Waals surface area (Å²) < 4.78 is 14.8. The van der Waals surface area contributed by atoms with Crippen LogP contribution >= 0.6 is 0 Å². The molecule has 0 aliphatic carbocycles. The third kappa shape index (κ3) is 13.5. The molecule has 0 spiro atoms. The van der Waals surface area contributed by atoms with E-state index >= 15 is 0 Å². The largest absolute Gasteiger partial charge is 0.466 e. The number of rotatable bonds is 13. The summed E-state index contributed by atoms with van der Waals surface area (Å²) in [4.78, 5) is 33.7. The molecular formula is C17H28O6. The van der Waals surface area contributed by atoms with E-state index in [2.05, 4.69) is 6.58 Å². The molecule has 6 heteroatoms. The number of hydrogen-bond donors (Lipinski definition) is 0. The fraction of sp³-hybridized carbons (Fsp3) is 0.706. The van der Waals surface area contributed by atoms with Gasteiger partial charge in [0.05, 0.1) is 19.8 Å². The van der Waals surface area contributed by atoms with Crippen molar-refractivity contribution in [2.24, 2.45) is 0 Å². The number of esters is 3. The molecule has 0 N–H and O–H groups in total. The summed E-state index contributed by atoms with van der Waals surface area (Å²) in [7, 11) is 0. The Bertz CT molecular complexity index is 389. The standard InChI is InChI=1S/C17H28O6/c1-4-21-15(18)11-7-9-12-22-16(19)10-6-5-8-13-23-17(20)14(2)3/h2,4-13H2,1,3H3. The van der Waals surface area contributed by atoms with Crippen LogP contribution in [0.4, 0.5) is 0 Å². The van der Waals surface area contributed by atoms with Gasteiger partial charge in [-0.05, 0) is 46.0 Å². The first kappa shape index (κ1) is 21.1. The van der Waals surface area contributed by atoms with Gasteiger partial charge in [-0.2, -0.15) is 0 Å². The molecule has 0 amide bonds. The molecule has 0 fully saturated rings. The summed E-state index contributed by atoms with van der Waals surface area (Å²) in [5.41, 5.74) is 0.386. The summed E-state index contributed by atoms with van der Waals surface area (Å²) >= 11 is 0. The first-order valence-electron chi connectivity index (χ1n) is 8.11. The summed E-state index contributed by atoms with van der Waals surface area (Å²) in [6.45, 7) is 7.92. The third-order valence-corrected chi connectivity index (χ3v) is 2.95. The van der Waals surface area contributed by atoms with Crippen LogP contribution in [0.5, 0.6) is 0 Å². The molecule has 0 aromatic rings. The number of carbonyl (C=O) groups excluding carboxylic acids is 3. The second-order valence-corrected chi connectivity index (χ2v) is 5.21. The fourth-order valence-electron chi connectivity index (χ4n) is 1.70. The maximum Gasteiger partial charge on any atom is 0.333 e. The van der Waals surface area contributed by atoms with Crippen LogP contribution in [0.2, 0.25) is 0 Å². The SMILES string of the molecule is C=C(C)C(=O)OCCCCCC(=O)OCCCCC(=O)OCC. The number of unbranched alkanes of at least 4 members (excludes halogenated alkanes) is 3. The maximum atomic E-state index is 11.5. The Balaban J connectivity index is 3.39. The van der Waals surface area contributed by atoms with E-state index in [-0.39, 0.29) is 17.9 Å². The Morgan fingerprint density at radius 1 is 0.783 bits per heavy atom. The Kier molecular flexibility index (Phi) is 12.7. The van der Waals surface area contributed by atoms with Crippen molar-refractivity contribution in [2.45, 2.75) is 58.8 Å². The highest BCUT2D eigenvalue weighted by molar-refractivity contribution is 5.86. The van der Waals surface area contributed by atoms with Gasteiger partial charge in [0, 0.05) is 18.4 Å². The second kappa shape index (κ2) is 13.8. The van der Waals surface area contributed by atoms with Crippen LogP contribution in [0.1, 0.15) is 58.8 Å². The van der Waals surface area contributed by atoms with Crippen molar-refractivity contribution in [1.82, 2.24) is 0 Å². The monoisotopic (exact) mass is 328 g/mol. The lowest BCUT2D eigenvalue weighted by molar-refractivity contribution is -0.144. The van der Waals surface area contributed by atoms with Crippen molar-refractivity contribution in [3.05, 3.63) is 12.2 Å². The highest BCUT2D eigenvalue weighted by Crippen LogP contribution is 2.04. The Labute approximate surface area is 138 Å². The van der Waals surface area contributed by atoms with E-state index in [1.807, 2.05) is 0 Å². The summed E-state index contributed by atoms with van der Waals surface area (Å²) in [5, 5.41) is 0. The van der Waals surface area contributed by atoms with Gasteiger partial charge in [0.25, 0.3) is 0 Å². The first-order valence-corrected chi connectivity index (χ1v) is 8.11. The van der Waals surface area contributed by atoms with Crippen LogP contribution in [0, 0.1) is 0 Å². The molecule has 0 atom stereocenters. The molecule has 0 aliphatic rings. The van der Waals surface area contributed by atoms with Crippen LogP contribution < -0.4 is 0 Å². The Morgan fingerprint density at radius 2 is 1.30 bits per heavy atom. The van der Waals surface area contributed by atoms with Gasteiger partial charge >= 0.3 is 17.9 Å². The lowest BCUT2D eigenvalue weighted by Gasteiger charge is -2.06. The molecule has 0 heterocycles. The van der Waals surface area contributed by atoms with Crippen LogP contribution in [0.25, 0.3) is 0 Å². The molecule has 0 unspecified atom stereocenters. The third-order valence-electron chi connectivity index (χ3n) is 2.95. The molecule has 0 aromatic heterocycles. The minimum Gasteiger partial charge on any atom is -0.466 e. The molecule has 0 radical (unpaired) electrons. The van der Waals surface area contributed by atoms with E-state index in [0.29, 0.717) is 63.9 Å². The van der Waals surface area contributed by atoms with Crippen molar-refractivity contribution in [3.8, 4) is 0 Å². The van der Waals surface area contributed by atoms with Gasteiger partial charge in [-0.3, -0.25) is 9.59 Å². The van der Waals surface area contributed by atoms with E-state index in [0.717, 1.165) is 6.42 Å².